The van der Waals surface area contributed by atoms with Crippen molar-refractivity contribution < 1.29 is 4.79 Å². The number of nitrogens with one attached hydrogen (secondary N) is 1. The third-order valence-electron chi connectivity index (χ3n) is 4.48. The Bertz CT molecular complexity index is 783. The second-order valence-corrected chi connectivity index (χ2v) is 7.23. The van der Waals surface area contributed by atoms with Gasteiger partial charge >= 0.3 is 0 Å². The molecule has 3 heterocycles. The average molecular weight is 346 g/mol. The number of aromatic nitrogens is 3. The molecule has 0 bridgehead atoms. The van der Waals surface area contributed by atoms with Crippen LogP contribution in [0, 0.1) is 13.8 Å². The van der Waals surface area contributed by atoms with Crippen molar-refractivity contribution in [1.82, 2.24) is 19.9 Å². The van der Waals surface area contributed by atoms with Gasteiger partial charge in [0.15, 0.2) is 0 Å². The Kier molecular flexibility index (Phi) is 5.08. The fourth-order valence-electron chi connectivity index (χ4n) is 3.20. The summed E-state index contributed by atoms with van der Waals surface area (Å²) in [5.41, 5.74) is 3.52. The molecule has 0 saturated carbocycles. The molecule has 24 heavy (non-hydrogen) atoms. The van der Waals surface area contributed by atoms with E-state index in [2.05, 4.69) is 15.0 Å². The standard InChI is InChI=1S/C17H22N4O2S/c1-11-15(24-10-18-11)5-6-17(23)21-7-3-4-13(9-21)14-8-16(22)20-12(2)19-14/h8,10,13H,3-7,9H2,1-2H3,(H,19,20,22). The van der Waals surface area contributed by atoms with E-state index in [4.69, 9.17) is 0 Å². The number of rotatable bonds is 4. The molecule has 1 fully saturated rings. The van der Waals surface area contributed by atoms with Crippen molar-refractivity contribution in [2.75, 3.05) is 13.1 Å². The van der Waals surface area contributed by atoms with Gasteiger partial charge in [-0.05, 0) is 33.1 Å². The molecule has 0 aliphatic carbocycles. The molecule has 3 rings (SSSR count). The lowest BCUT2D eigenvalue weighted by atomic mass is 9.94. The van der Waals surface area contributed by atoms with Gasteiger partial charge in [-0.3, -0.25) is 9.59 Å². The van der Waals surface area contributed by atoms with Gasteiger partial charge in [-0.2, -0.15) is 0 Å². The van der Waals surface area contributed by atoms with E-state index in [9.17, 15) is 9.59 Å². The summed E-state index contributed by atoms with van der Waals surface area (Å²) in [6.45, 7) is 5.21. The summed E-state index contributed by atoms with van der Waals surface area (Å²) in [6, 6.07) is 1.56. The Labute approximate surface area is 145 Å². The molecule has 128 valence electrons. The molecule has 0 aromatic carbocycles. The normalized spacial score (nSPS) is 17.9. The molecule has 1 amide bonds. The van der Waals surface area contributed by atoms with E-state index >= 15 is 0 Å². The van der Waals surface area contributed by atoms with Crippen molar-refractivity contribution in [2.45, 2.75) is 45.4 Å². The van der Waals surface area contributed by atoms with Crippen LogP contribution in [0.15, 0.2) is 16.4 Å². The molecule has 0 radical (unpaired) electrons. The average Bonchev–Trinajstić information content (AvgIpc) is 2.97. The van der Waals surface area contributed by atoms with Crippen molar-refractivity contribution in [3.8, 4) is 0 Å². The number of piperidine rings is 1. The van der Waals surface area contributed by atoms with Crippen LogP contribution in [-0.2, 0) is 11.2 Å². The number of carbonyl (C=O) groups is 1. The molecule has 2 aromatic rings. The monoisotopic (exact) mass is 346 g/mol. The summed E-state index contributed by atoms with van der Waals surface area (Å²) >= 11 is 1.61. The summed E-state index contributed by atoms with van der Waals surface area (Å²) in [5.74, 6) is 0.949. The van der Waals surface area contributed by atoms with Gasteiger partial charge in [0.05, 0.1) is 16.9 Å². The van der Waals surface area contributed by atoms with Crippen molar-refractivity contribution in [3.05, 3.63) is 44.0 Å². The first kappa shape index (κ1) is 16.8. The maximum absolute atomic E-state index is 12.5. The lowest BCUT2D eigenvalue weighted by Gasteiger charge is -2.32. The molecule has 7 heteroatoms. The number of amides is 1. The molecule has 1 atom stereocenters. The zero-order valence-electron chi connectivity index (χ0n) is 14.0. The molecule has 0 spiro atoms. The fourth-order valence-corrected chi connectivity index (χ4v) is 3.98. The maximum Gasteiger partial charge on any atom is 0.251 e. The minimum atomic E-state index is -0.123. The second-order valence-electron chi connectivity index (χ2n) is 6.30. The molecule has 1 aliphatic rings. The molecule has 1 N–H and O–H groups in total. The van der Waals surface area contributed by atoms with Gasteiger partial charge in [-0.15, -0.1) is 11.3 Å². The first-order chi connectivity index (χ1) is 11.5. The van der Waals surface area contributed by atoms with Gasteiger partial charge in [-0.1, -0.05) is 0 Å². The Morgan fingerprint density at radius 2 is 2.29 bits per heavy atom. The van der Waals surface area contributed by atoms with Crippen LogP contribution < -0.4 is 5.56 Å². The SMILES string of the molecule is Cc1nc(C2CCCN(C(=O)CCc3scnc3C)C2)cc(=O)[nH]1. The Hall–Kier alpha value is -2.02. The summed E-state index contributed by atoms with van der Waals surface area (Å²) in [6.07, 6.45) is 3.17. The highest BCUT2D eigenvalue weighted by atomic mass is 32.1. The maximum atomic E-state index is 12.5. The Morgan fingerprint density at radius 1 is 1.46 bits per heavy atom. The smallest absolute Gasteiger partial charge is 0.251 e. The number of hydrogen-bond donors (Lipinski definition) is 1. The topological polar surface area (TPSA) is 79.0 Å². The number of thiazole rings is 1. The number of nitrogens with zero attached hydrogens (tertiary/aromatic N) is 3. The lowest BCUT2D eigenvalue weighted by Crippen LogP contribution is -2.39. The van der Waals surface area contributed by atoms with Crippen LogP contribution in [0.1, 0.15) is 47.3 Å². The third-order valence-corrected chi connectivity index (χ3v) is 5.48. The number of likely N-dealkylation sites (tertiary alicyclic amines) is 1. The molecule has 1 aliphatic heterocycles. The molecular weight excluding hydrogens is 324 g/mol. The highest BCUT2D eigenvalue weighted by molar-refractivity contribution is 7.09. The first-order valence-corrected chi connectivity index (χ1v) is 9.15. The highest BCUT2D eigenvalue weighted by Crippen LogP contribution is 2.25. The Morgan fingerprint density at radius 3 is 3.00 bits per heavy atom. The van der Waals surface area contributed by atoms with Crippen LogP contribution >= 0.6 is 11.3 Å². The zero-order valence-corrected chi connectivity index (χ0v) is 14.9. The van der Waals surface area contributed by atoms with Crippen LogP contribution in [0.3, 0.4) is 0 Å². The van der Waals surface area contributed by atoms with Crippen LogP contribution in [-0.4, -0.2) is 38.8 Å². The van der Waals surface area contributed by atoms with Gasteiger partial charge in [-0.25, -0.2) is 9.97 Å². The minimum Gasteiger partial charge on any atom is -0.342 e. The van der Waals surface area contributed by atoms with E-state index < -0.39 is 0 Å². The minimum absolute atomic E-state index is 0.123. The van der Waals surface area contributed by atoms with Gasteiger partial charge in [0.2, 0.25) is 5.91 Å². The summed E-state index contributed by atoms with van der Waals surface area (Å²) in [4.78, 5) is 38.6. The zero-order chi connectivity index (χ0) is 17.1. The predicted octanol–water partition coefficient (Wildman–Crippen LogP) is 2.18. The van der Waals surface area contributed by atoms with Gasteiger partial charge in [0.1, 0.15) is 5.82 Å². The van der Waals surface area contributed by atoms with E-state index in [0.717, 1.165) is 37.2 Å². The van der Waals surface area contributed by atoms with E-state index in [1.165, 1.54) is 4.88 Å². The number of H-pyrrole nitrogens is 1. The summed E-state index contributed by atoms with van der Waals surface area (Å²) in [7, 11) is 0. The van der Waals surface area contributed by atoms with Crippen LogP contribution in [0.25, 0.3) is 0 Å². The lowest BCUT2D eigenvalue weighted by molar-refractivity contribution is -0.132. The Balaban J connectivity index is 1.63. The fraction of sp³-hybridized carbons (Fsp3) is 0.529. The van der Waals surface area contributed by atoms with E-state index in [1.54, 1.807) is 24.3 Å². The number of aromatic amines is 1. The van der Waals surface area contributed by atoms with Crippen LogP contribution in [0.4, 0.5) is 0 Å². The van der Waals surface area contributed by atoms with Gasteiger partial charge in [0, 0.05) is 36.4 Å². The molecule has 1 unspecified atom stereocenters. The van der Waals surface area contributed by atoms with Crippen molar-refractivity contribution in [1.29, 1.82) is 0 Å². The second kappa shape index (κ2) is 7.25. The molecule has 6 nitrogen and oxygen atoms in total. The number of hydrogen-bond acceptors (Lipinski definition) is 5. The molecule has 1 saturated heterocycles. The summed E-state index contributed by atoms with van der Waals surface area (Å²) in [5, 5.41) is 0. The summed E-state index contributed by atoms with van der Waals surface area (Å²) < 4.78 is 0. The molecular formula is C17H22N4O2S. The van der Waals surface area contributed by atoms with E-state index in [0.29, 0.717) is 18.8 Å². The number of aryl methyl sites for hydroxylation is 3. The highest BCUT2D eigenvalue weighted by Gasteiger charge is 2.26. The van der Waals surface area contributed by atoms with Gasteiger partial charge in [0.25, 0.3) is 5.56 Å². The largest absolute Gasteiger partial charge is 0.342 e. The molecule has 2 aromatic heterocycles. The van der Waals surface area contributed by atoms with Gasteiger partial charge < -0.3 is 9.88 Å². The van der Waals surface area contributed by atoms with Crippen molar-refractivity contribution in [3.63, 3.8) is 0 Å². The van der Waals surface area contributed by atoms with E-state index in [-0.39, 0.29) is 17.4 Å². The predicted molar refractivity (Wildman–Crippen MR) is 93.3 cm³/mol. The number of carbonyl (C=O) groups excluding carboxylic acids is 1. The van der Waals surface area contributed by atoms with Crippen LogP contribution in [0.5, 0.6) is 0 Å². The van der Waals surface area contributed by atoms with Crippen molar-refractivity contribution >= 4 is 17.2 Å². The first-order valence-electron chi connectivity index (χ1n) is 8.27. The van der Waals surface area contributed by atoms with Crippen molar-refractivity contribution in [2.24, 2.45) is 0 Å². The third kappa shape index (κ3) is 3.90. The van der Waals surface area contributed by atoms with E-state index in [1.807, 2.05) is 17.3 Å². The van der Waals surface area contributed by atoms with Crippen LogP contribution in [0.2, 0.25) is 0 Å². The quantitative estimate of drug-likeness (QED) is 0.920.